The Morgan fingerprint density at radius 2 is 1.83 bits per heavy atom. The Morgan fingerprint density at radius 3 is 2.53 bits per heavy atom. The molecule has 1 aromatic carbocycles. The minimum absolute atomic E-state index is 0.159. The molecule has 9 heteroatoms. The minimum Gasteiger partial charge on any atom is -0.454 e. The van der Waals surface area contributed by atoms with Crippen LogP contribution in [0.4, 0.5) is 5.82 Å². The first-order chi connectivity index (χ1) is 14.4. The van der Waals surface area contributed by atoms with Gasteiger partial charge in [-0.3, -0.25) is 14.2 Å². The molecule has 0 aliphatic rings. The Bertz CT molecular complexity index is 1190. The highest BCUT2D eigenvalue weighted by Gasteiger charge is 2.17. The molecule has 0 radical (unpaired) electrons. The Hall–Kier alpha value is -3.03. The highest BCUT2D eigenvalue weighted by atomic mass is 35.5. The van der Waals surface area contributed by atoms with Gasteiger partial charge in [-0.1, -0.05) is 53.5 Å². The third-order valence-electron chi connectivity index (χ3n) is 4.62. The van der Waals surface area contributed by atoms with Gasteiger partial charge < -0.3 is 9.73 Å². The number of aromatic nitrogens is 4. The number of rotatable bonds is 6. The van der Waals surface area contributed by atoms with Gasteiger partial charge in [-0.15, -0.1) is 0 Å². The van der Waals surface area contributed by atoms with Crippen molar-refractivity contribution < 1.29 is 9.21 Å². The lowest BCUT2D eigenvalue weighted by molar-refractivity contribution is 0.0994. The van der Waals surface area contributed by atoms with E-state index in [1.165, 1.54) is 0 Å². The Morgan fingerprint density at radius 1 is 1.07 bits per heavy atom. The van der Waals surface area contributed by atoms with E-state index in [0.717, 1.165) is 17.0 Å². The molecule has 0 aliphatic carbocycles. The zero-order valence-corrected chi connectivity index (χ0v) is 17.9. The standard InChI is InChI=1S/C21H19Cl2N5O2/c1-13-19(23)14(2)28(25-13)11-16-8-9-18(30-16)21(29)24-20-17(22)12-27(26-20)10-15-6-4-3-5-7-15/h3-9,12H,10-11H2,1-2H3,(H,24,26,29). The average Bonchev–Trinajstić information content (AvgIpc) is 3.39. The van der Waals surface area contributed by atoms with E-state index in [1.807, 2.05) is 44.2 Å². The molecule has 0 unspecified atom stereocenters. The number of nitrogens with zero attached hydrogens (tertiary/aromatic N) is 4. The van der Waals surface area contributed by atoms with Crippen LogP contribution in [0.5, 0.6) is 0 Å². The summed E-state index contributed by atoms with van der Waals surface area (Å²) in [6, 6.07) is 13.2. The molecule has 0 saturated heterocycles. The Kier molecular flexibility index (Phi) is 5.65. The lowest BCUT2D eigenvalue weighted by Crippen LogP contribution is -2.12. The van der Waals surface area contributed by atoms with Gasteiger partial charge in [-0.05, 0) is 31.5 Å². The number of nitrogens with one attached hydrogen (secondary N) is 1. The molecule has 0 aliphatic heterocycles. The van der Waals surface area contributed by atoms with Crippen LogP contribution in [0.25, 0.3) is 0 Å². The largest absolute Gasteiger partial charge is 0.454 e. The normalized spacial score (nSPS) is 11.1. The Labute approximate surface area is 183 Å². The molecule has 4 rings (SSSR count). The van der Waals surface area contributed by atoms with Gasteiger partial charge in [0.2, 0.25) is 0 Å². The summed E-state index contributed by atoms with van der Waals surface area (Å²) >= 11 is 12.4. The smallest absolute Gasteiger partial charge is 0.292 e. The summed E-state index contributed by atoms with van der Waals surface area (Å²) in [6.45, 7) is 4.64. The van der Waals surface area contributed by atoms with E-state index in [2.05, 4.69) is 15.5 Å². The van der Waals surface area contributed by atoms with E-state index in [-0.39, 0.29) is 11.6 Å². The Balaban J connectivity index is 1.44. The van der Waals surface area contributed by atoms with Crippen molar-refractivity contribution in [3.8, 4) is 0 Å². The lowest BCUT2D eigenvalue weighted by atomic mass is 10.2. The molecular weight excluding hydrogens is 425 g/mol. The number of amides is 1. The quantitative estimate of drug-likeness (QED) is 0.457. The van der Waals surface area contributed by atoms with E-state index in [9.17, 15) is 4.79 Å². The highest BCUT2D eigenvalue weighted by molar-refractivity contribution is 6.33. The third kappa shape index (κ3) is 4.27. The second-order valence-electron chi connectivity index (χ2n) is 6.87. The van der Waals surface area contributed by atoms with E-state index in [4.69, 9.17) is 27.6 Å². The van der Waals surface area contributed by atoms with Gasteiger partial charge in [0.25, 0.3) is 5.91 Å². The zero-order valence-electron chi connectivity index (χ0n) is 16.4. The second-order valence-corrected chi connectivity index (χ2v) is 7.66. The summed E-state index contributed by atoms with van der Waals surface area (Å²) in [7, 11) is 0. The topological polar surface area (TPSA) is 77.9 Å². The molecule has 0 spiro atoms. The predicted molar refractivity (Wildman–Crippen MR) is 115 cm³/mol. The average molecular weight is 444 g/mol. The van der Waals surface area contributed by atoms with Crippen molar-refractivity contribution in [1.82, 2.24) is 19.6 Å². The van der Waals surface area contributed by atoms with Gasteiger partial charge >= 0.3 is 0 Å². The van der Waals surface area contributed by atoms with Crippen LogP contribution in [0.1, 0.15) is 33.3 Å². The molecule has 0 fully saturated rings. The summed E-state index contributed by atoms with van der Waals surface area (Å²) in [5, 5.41) is 12.4. The van der Waals surface area contributed by atoms with Gasteiger partial charge in [0.15, 0.2) is 11.6 Å². The molecule has 1 N–H and O–H groups in total. The van der Waals surface area contributed by atoms with E-state index in [0.29, 0.717) is 28.9 Å². The van der Waals surface area contributed by atoms with Crippen LogP contribution < -0.4 is 5.32 Å². The van der Waals surface area contributed by atoms with Crippen molar-refractivity contribution in [1.29, 1.82) is 0 Å². The number of carbonyl (C=O) groups is 1. The first kappa shape index (κ1) is 20.3. The lowest BCUT2D eigenvalue weighted by Gasteiger charge is -2.03. The van der Waals surface area contributed by atoms with Crippen LogP contribution in [-0.4, -0.2) is 25.5 Å². The van der Waals surface area contributed by atoms with Gasteiger partial charge in [0, 0.05) is 6.20 Å². The van der Waals surface area contributed by atoms with Gasteiger partial charge in [0.1, 0.15) is 10.8 Å². The fraction of sp³-hybridized carbons (Fsp3) is 0.190. The van der Waals surface area contributed by atoms with Crippen LogP contribution in [0.15, 0.2) is 53.1 Å². The van der Waals surface area contributed by atoms with E-state index < -0.39 is 5.91 Å². The number of hydrogen-bond acceptors (Lipinski definition) is 4. The number of hydrogen-bond donors (Lipinski definition) is 1. The van der Waals surface area contributed by atoms with Crippen molar-refractivity contribution in [3.63, 3.8) is 0 Å². The fourth-order valence-electron chi connectivity index (χ4n) is 3.06. The van der Waals surface area contributed by atoms with Crippen LogP contribution >= 0.6 is 23.2 Å². The maximum Gasteiger partial charge on any atom is 0.292 e. The van der Waals surface area contributed by atoms with E-state index >= 15 is 0 Å². The number of aryl methyl sites for hydroxylation is 1. The SMILES string of the molecule is Cc1nn(Cc2ccc(C(=O)Nc3nn(Cc4ccccc4)cc3Cl)o2)c(C)c1Cl. The molecular formula is C21H19Cl2N5O2. The van der Waals surface area contributed by atoms with Crippen molar-refractivity contribution in [2.24, 2.45) is 0 Å². The van der Waals surface area contributed by atoms with Crippen LogP contribution in [0.2, 0.25) is 10.0 Å². The number of carbonyl (C=O) groups excluding carboxylic acids is 1. The van der Waals surface area contributed by atoms with Crippen LogP contribution in [0, 0.1) is 13.8 Å². The molecule has 7 nitrogen and oxygen atoms in total. The molecule has 30 heavy (non-hydrogen) atoms. The van der Waals surface area contributed by atoms with Crippen molar-refractivity contribution >= 4 is 34.9 Å². The summed E-state index contributed by atoms with van der Waals surface area (Å²) in [5.41, 5.74) is 2.67. The number of halogens is 2. The summed E-state index contributed by atoms with van der Waals surface area (Å²) in [6.07, 6.45) is 1.67. The molecule has 1 amide bonds. The van der Waals surface area contributed by atoms with Gasteiger partial charge in [0.05, 0.1) is 29.5 Å². The molecule has 3 aromatic heterocycles. The second kappa shape index (κ2) is 8.38. The summed E-state index contributed by atoms with van der Waals surface area (Å²) in [5.74, 6) is 0.592. The van der Waals surface area contributed by atoms with Gasteiger partial charge in [-0.25, -0.2) is 0 Å². The number of anilines is 1. The predicted octanol–water partition coefficient (Wildman–Crippen LogP) is 4.95. The molecule has 0 atom stereocenters. The molecule has 0 saturated carbocycles. The van der Waals surface area contributed by atoms with Crippen LogP contribution in [-0.2, 0) is 13.1 Å². The first-order valence-electron chi connectivity index (χ1n) is 9.27. The van der Waals surface area contributed by atoms with Gasteiger partial charge in [-0.2, -0.15) is 10.2 Å². The monoisotopic (exact) mass is 443 g/mol. The molecule has 4 aromatic rings. The first-order valence-corrected chi connectivity index (χ1v) is 10.0. The van der Waals surface area contributed by atoms with Crippen molar-refractivity contribution in [3.05, 3.63) is 87.2 Å². The van der Waals surface area contributed by atoms with Crippen molar-refractivity contribution in [2.75, 3.05) is 5.32 Å². The minimum atomic E-state index is -0.431. The number of benzene rings is 1. The number of furan rings is 1. The summed E-state index contributed by atoms with van der Waals surface area (Å²) in [4.78, 5) is 12.6. The van der Waals surface area contributed by atoms with E-state index in [1.54, 1.807) is 27.7 Å². The third-order valence-corrected chi connectivity index (χ3v) is 5.44. The van der Waals surface area contributed by atoms with Crippen LogP contribution in [0.3, 0.4) is 0 Å². The highest BCUT2D eigenvalue weighted by Crippen LogP contribution is 2.23. The fourth-order valence-corrected chi connectivity index (χ4v) is 3.40. The molecule has 154 valence electrons. The molecule has 0 bridgehead atoms. The zero-order chi connectivity index (χ0) is 21.3. The molecule has 3 heterocycles. The maximum atomic E-state index is 12.6. The van der Waals surface area contributed by atoms with Crippen molar-refractivity contribution in [2.45, 2.75) is 26.9 Å². The summed E-state index contributed by atoms with van der Waals surface area (Å²) < 4.78 is 9.08. The maximum absolute atomic E-state index is 12.6.